The maximum absolute atomic E-state index is 12.6. The van der Waals surface area contributed by atoms with Gasteiger partial charge in [0.05, 0.1) is 17.6 Å². The molecule has 1 saturated heterocycles. The molecule has 1 fully saturated rings. The minimum Gasteiger partial charge on any atom is -0.356 e. The summed E-state index contributed by atoms with van der Waals surface area (Å²) in [4.78, 5) is 23.8. The first kappa shape index (κ1) is 19.4. The van der Waals surface area contributed by atoms with E-state index in [9.17, 15) is 4.79 Å². The topological polar surface area (TPSA) is 75.9 Å². The quantitative estimate of drug-likeness (QED) is 0.721. The molecule has 2 aromatic heterocycles. The molecule has 7 nitrogen and oxygen atoms in total. The van der Waals surface area contributed by atoms with Crippen molar-refractivity contribution in [2.24, 2.45) is 5.92 Å². The average Bonchev–Trinajstić information content (AvgIpc) is 3.12. The number of amides is 1. The molecule has 1 unspecified atom stereocenters. The van der Waals surface area contributed by atoms with Crippen molar-refractivity contribution in [3.8, 4) is 0 Å². The minimum atomic E-state index is -0.0879. The third-order valence-electron chi connectivity index (χ3n) is 5.74. The summed E-state index contributed by atoms with van der Waals surface area (Å²) in [7, 11) is 0. The summed E-state index contributed by atoms with van der Waals surface area (Å²) in [6, 6.07) is 8.13. The van der Waals surface area contributed by atoms with Crippen LogP contribution in [0.4, 0.5) is 5.82 Å². The van der Waals surface area contributed by atoms with E-state index in [1.165, 1.54) is 18.4 Å². The van der Waals surface area contributed by atoms with Gasteiger partial charge < -0.3 is 10.2 Å². The molecule has 0 bridgehead atoms. The highest BCUT2D eigenvalue weighted by atomic mass is 16.2. The lowest BCUT2D eigenvalue weighted by atomic mass is 9.99. The first-order valence-corrected chi connectivity index (χ1v) is 10.3. The Kier molecular flexibility index (Phi) is 5.47. The van der Waals surface area contributed by atoms with E-state index in [2.05, 4.69) is 51.3 Å². The molecule has 29 heavy (non-hydrogen) atoms. The van der Waals surface area contributed by atoms with Crippen molar-refractivity contribution in [1.82, 2.24) is 25.1 Å². The third-order valence-corrected chi connectivity index (χ3v) is 5.74. The van der Waals surface area contributed by atoms with Gasteiger partial charge in [0.1, 0.15) is 18.7 Å². The van der Waals surface area contributed by atoms with Crippen LogP contribution in [0.25, 0.3) is 11.0 Å². The number of fused-ring (bicyclic) bond motifs is 1. The van der Waals surface area contributed by atoms with Gasteiger partial charge in [-0.15, -0.1) is 0 Å². The van der Waals surface area contributed by atoms with E-state index in [1.54, 1.807) is 17.2 Å². The summed E-state index contributed by atoms with van der Waals surface area (Å²) < 4.78 is 1.66. The summed E-state index contributed by atoms with van der Waals surface area (Å²) in [5.74, 6) is 1.59. The molecule has 4 rings (SSSR count). The van der Waals surface area contributed by atoms with Gasteiger partial charge in [-0.3, -0.25) is 4.79 Å². The van der Waals surface area contributed by atoms with Crippen LogP contribution in [-0.2, 0) is 11.3 Å². The van der Waals surface area contributed by atoms with Crippen LogP contribution in [0.5, 0.6) is 0 Å². The first-order valence-electron chi connectivity index (χ1n) is 10.3. The number of anilines is 1. The number of aryl methyl sites for hydroxylation is 1. The maximum atomic E-state index is 12.6. The van der Waals surface area contributed by atoms with E-state index in [0.29, 0.717) is 5.65 Å². The Balaban J connectivity index is 1.47. The van der Waals surface area contributed by atoms with Gasteiger partial charge in [-0.2, -0.15) is 5.10 Å². The Morgan fingerprint density at radius 2 is 1.93 bits per heavy atom. The van der Waals surface area contributed by atoms with Crippen LogP contribution in [0.2, 0.25) is 0 Å². The second kappa shape index (κ2) is 8.19. The molecular weight excluding hydrogens is 364 g/mol. The lowest BCUT2D eigenvalue weighted by Crippen LogP contribution is -2.33. The Labute approximate surface area is 171 Å². The Morgan fingerprint density at radius 1 is 1.21 bits per heavy atom. The number of hydrogen-bond acceptors (Lipinski definition) is 5. The molecule has 3 heterocycles. The molecule has 1 aliphatic heterocycles. The second-order valence-electron chi connectivity index (χ2n) is 8.11. The molecule has 0 spiro atoms. The fourth-order valence-electron chi connectivity index (χ4n) is 3.83. The largest absolute Gasteiger partial charge is 0.356 e. The number of carbonyl (C=O) groups excluding carboxylic acids is 1. The maximum Gasteiger partial charge on any atom is 0.242 e. The minimum absolute atomic E-state index is 0.0644. The van der Waals surface area contributed by atoms with Crippen molar-refractivity contribution in [2.45, 2.75) is 46.2 Å². The highest BCUT2D eigenvalue weighted by molar-refractivity contribution is 5.88. The van der Waals surface area contributed by atoms with E-state index in [4.69, 9.17) is 0 Å². The highest BCUT2D eigenvalue weighted by Gasteiger charge is 2.21. The SMILES string of the molecule is Cc1ccc(C(C)NC(=O)Cn2ncc3c(N4CCC(C)CC4)ncnc32)cc1. The fraction of sp³-hybridized carbons (Fsp3) is 0.455. The summed E-state index contributed by atoms with van der Waals surface area (Å²) in [6.45, 7) is 8.45. The summed E-state index contributed by atoms with van der Waals surface area (Å²) in [6.07, 6.45) is 5.68. The molecule has 1 N–H and O–H groups in total. The number of hydrogen-bond donors (Lipinski definition) is 1. The van der Waals surface area contributed by atoms with Crippen LogP contribution in [0.1, 0.15) is 43.9 Å². The van der Waals surface area contributed by atoms with Crippen molar-refractivity contribution >= 4 is 22.8 Å². The average molecular weight is 393 g/mol. The third kappa shape index (κ3) is 4.23. The fourth-order valence-corrected chi connectivity index (χ4v) is 3.83. The normalized spacial score (nSPS) is 16.2. The van der Waals surface area contributed by atoms with Gasteiger partial charge in [0, 0.05) is 13.1 Å². The number of benzene rings is 1. The van der Waals surface area contributed by atoms with Gasteiger partial charge in [0.2, 0.25) is 5.91 Å². The van der Waals surface area contributed by atoms with Gasteiger partial charge in [-0.05, 0) is 38.2 Å². The predicted octanol–water partition coefficient (Wildman–Crippen LogP) is 3.25. The number of carbonyl (C=O) groups is 1. The van der Waals surface area contributed by atoms with Crippen molar-refractivity contribution in [1.29, 1.82) is 0 Å². The Bertz CT molecular complexity index is 988. The van der Waals surface area contributed by atoms with Gasteiger partial charge in [-0.25, -0.2) is 14.6 Å². The van der Waals surface area contributed by atoms with E-state index in [1.807, 2.05) is 19.1 Å². The molecular formula is C22H28N6O. The van der Waals surface area contributed by atoms with Gasteiger partial charge in [-0.1, -0.05) is 36.8 Å². The zero-order valence-electron chi connectivity index (χ0n) is 17.3. The molecule has 3 aromatic rings. The second-order valence-corrected chi connectivity index (χ2v) is 8.11. The molecule has 0 saturated carbocycles. The number of piperidine rings is 1. The number of nitrogens with one attached hydrogen (secondary N) is 1. The van der Waals surface area contributed by atoms with Crippen molar-refractivity contribution in [2.75, 3.05) is 18.0 Å². The lowest BCUT2D eigenvalue weighted by Gasteiger charge is -2.31. The van der Waals surface area contributed by atoms with Crippen LogP contribution in [0.15, 0.2) is 36.8 Å². The molecule has 1 aromatic carbocycles. The first-order chi connectivity index (χ1) is 14.0. The van der Waals surface area contributed by atoms with Crippen molar-refractivity contribution in [3.05, 3.63) is 47.9 Å². The number of rotatable bonds is 5. The molecule has 1 amide bonds. The summed E-state index contributed by atoms with van der Waals surface area (Å²) in [5.41, 5.74) is 2.99. The highest BCUT2D eigenvalue weighted by Crippen LogP contribution is 2.27. The van der Waals surface area contributed by atoms with Crippen LogP contribution in [-0.4, -0.2) is 38.7 Å². The molecule has 7 heteroatoms. The van der Waals surface area contributed by atoms with Crippen LogP contribution >= 0.6 is 0 Å². The zero-order valence-corrected chi connectivity index (χ0v) is 17.3. The number of nitrogens with zero attached hydrogens (tertiary/aromatic N) is 5. The molecule has 152 valence electrons. The molecule has 0 aliphatic carbocycles. The predicted molar refractivity (Wildman–Crippen MR) is 114 cm³/mol. The molecule has 0 radical (unpaired) electrons. The Morgan fingerprint density at radius 3 is 2.66 bits per heavy atom. The van der Waals surface area contributed by atoms with Gasteiger partial charge >= 0.3 is 0 Å². The monoisotopic (exact) mass is 392 g/mol. The lowest BCUT2D eigenvalue weighted by molar-refractivity contribution is -0.122. The standard InChI is InChI=1S/C22H28N6O/c1-15-4-6-18(7-5-15)17(3)26-20(29)13-28-22-19(12-25-28)21(23-14-24-22)27-10-8-16(2)9-11-27/h4-7,12,14,16-17H,8-11,13H2,1-3H3,(H,26,29). The summed E-state index contributed by atoms with van der Waals surface area (Å²) in [5, 5.41) is 8.38. The van der Waals surface area contributed by atoms with Gasteiger partial charge in [0.25, 0.3) is 0 Å². The summed E-state index contributed by atoms with van der Waals surface area (Å²) >= 11 is 0. The van der Waals surface area contributed by atoms with Crippen molar-refractivity contribution in [3.63, 3.8) is 0 Å². The van der Waals surface area contributed by atoms with Crippen LogP contribution in [0, 0.1) is 12.8 Å². The van der Waals surface area contributed by atoms with Crippen molar-refractivity contribution < 1.29 is 4.79 Å². The van der Waals surface area contributed by atoms with Crippen LogP contribution in [0.3, 0.4) is 0 Å². The zero-order chi connectivity index (χ0) is 20.4. The van der Waals surface area contributed by atoms with Crippen LogP contribution < -0.4 is 10.2 Å². The number of aromatic nitrogens is 4. The van der Waals surface area contributed by atoms with Gasteiger partial charge in [0.15, 0.2) is 5.65 Å². The smallest absolute Gasteiger partial charge is 0.242 e. The molecule has 1 atom stereocenters. The van der Waals surface area contributed by atoms with E-state index in [0.717, 1.165) is 35.8 Å². The van der Waals surface area contributed by atoms with E-state index in [-0.39, 0.29) is 18.5 Å². The Hall–Kier alpha value is -2.96. The molecule has 1 aliphatic rings. The van der Waals surface area contributed by atoms with E-state index >= 15 is 0 Å². The van der Waals surface area contributed by atoms with E-state index < -0.39 is 0 Å².